The zero-order chi connectivity index (χ0) is 35.6. The maximum absolute atomic E-state index is 12.7. The first-order chi connectivity index (χ1) is 24.0. The number of benzene rings is 2. The molecule has 12 heteroatoms. The summed E-state index contributed by atoms with van der Waals surface area (Å²) in [6.45, 7) is 13.6. The van der Waals surface area contributed by atoms with Gasteiger partial charge in [-0.15, -0.1) is 0 Å². The lowest BCUT2D eigenvalue weighted by atomic mass is 10.0. The Hall–Kier alpha value is -4.65. The summed E-state index contributed by atoms with van der Waals surface area (Å²) in [5.41, 5.74) is 5.90. The molecule has 2 N–H and O–H groups in total. The van der Waals surface area contributed by atoms with Crippen molar-refractivity contribution in [1.82, 2.24) is 24.0 Å². The monoisotopic (exact) mass is 694 g/mol. The second-order valence-electron chi connectivity index (χ2n) is 14.5. The molecule has 0 atom stereocenters. The summed E-state index contributed by atoms with van der Waals surface area (Å²) in [5, 5.41) is 8.54. The van der Waals surface area contributed by atoms with Gasteiger partial charge in [-0.25, -0.2) is 4.98 Å². The first-order valence-electron chi connectivity index (χ1n) is 17.3. The molecule has 1 saturated heterocycles. The quantitative estimate of drug-likeness (QED) is 0.0752. The van der Waals surface area contributed by atoms with E-state index in [0.717, 1.165) is 70.9 Å². The van der Waals surface area contributed by atoms with E-state index in [1.807, 2.05) is 29.0 Å². The largest absolute Gasteiger partial charge is 0.494 e. The van der Waals surface area contributed by atoms with E-state index in [1.165, 1.54) is 6.08 Å². The van der Waals surface area contributed by atoms with E-state index in [-0.39, 0.29) is 5.91 Å². The second-order valence-corrected chi connectivity index (χ2v) is 20.1. The number of aromatic nitrogens is 4. The molecule has 6 rings (SSSR count). The van der Waals surface area contributed by atoms with Crippen molar-refractivity contribution in [3.63, 3.8) is 0 Å². The van der Waals surface area contributed by atoms with Gasteiger partial charge in [-0.05, 0) is 57.3 Å². The van der Waals surface area contributed by atoms with Gasteiger partial charge in [-0.3, -0.25) is 4.79 Å². The fraction of sp³-hybridized carbons (Fsp3) is 0.395. The molecule has 0 saturated carbocycles. The van der Waals surface area contributed by atoms with E-state index in [0.29, 0.717) is 42.5 Å². The number of piperidine rings is 1. The number of methoxy groups -OCH3 is 1. The molecule has 264 valence electrons. The zero-order valence-corrected chi connectivity index (χ0v) is 31.4. The minimum absolute atomic E-state index is 0.284. The molecule has 0 spiro atoms. The maximum Gasteiger partial charge on any atom is 0.247 e. The van der Waals surface area contributed by atoms with E-state index in [4.69, 9.17) is 19.4 Å². The summed E-state index contributed by atoms with van der Waals surface area (Å²) in [6.07, 6.45) is 7.47. The molecule has 11 nitrogen and oxygen atoms in total. The molecule has 5 aromatic rings. The number of aryl methyl sites for hydroxylation is 1. The molecule has 50 heavy (non-hydrogen) atoms. The number of nitrogens with one attached hydrogen (secondary N) is 2. The molecular weight excluding hydrogens is 645 g/mol. The number of hydrogen-bond donors (Lipinski definition) is 2. The van der Waals surface area contributed by atoms with Gasteiger partial charge in [-0.1, -0.05) is 44.4 Å². The molecule has 0 unspecified atom stereocenters. The molecule has 0 radical (unpaired) electrons. The lowest BCUT2D eigenvalue weighted by molar-refractivity contribution is -0.111. The number of amides is 1. The zero-order valence-electron chi connectivity index (χ0n) is 30.4. The summed E-state index contributed by atoms with van der Waals surface area (Å²) in [5.74, 6) is 0.738. The lowest BCUT2D eigenvalue weighted by Crippen LogP contribution is -2.42. The van der Waals surface area contributed by atoms with Crippen LogP contribution in [0.5, 0.6) is 5.75 Å². The minimum Gasteiger partial charge on any atom is -0.494 e. The van der Waals surface area contributed by atoms with Crippen LogP contribution in [0.25, 0.3) is 33.2 Å². The van der Waals surface area contributed by atoms with Crippen molar-refractivity contribution >= 4 is 58.9 Å². The summed E-state index contributed by atoms with van der Waals surface area (Å²) in [4.78, 5) is 27.4. The predicted octanol–water partition coefficient (Wildman–Crippen LogP) is 7.31. The van der Waals surface area contributed by atoms with Crippen molar-refractivity contribution in [2.24, 2.45) is 7.05 Å². The van der Waals surface area contributed by atoms with E-state index in [9.17, 15) is 4.79 Å². The Morgan fingerprint density at radius 2 is 1.84 bits per heavy atom. The smallest absolute Gasteiger partial charge is 0.247 e. The molecular formula is C38H50N8O3Si. The average molecular weight is 695 g/mol. The van der Waals surface area contributed by atoms with E-state index in [2.05, 4.69) is 103 Å². The second kappa shape index (κ2) is 14.7. The molecule has 1 amide bonds. The number of fused-ring (bicyclic) bond motifs is 2. The van der Waals surface area contributed by atoms with Crippen LogP contribution in [-0.4, -0.2) is 84.9 Å². The van der Waals surface area contributed by atoms with Gasteiger partial charge < -0.3 is 39.0 Å². The van der Waals surface area contributed by atoms with Crippen molar-refractivity contribution in [3.05, 3.63) is 67.5 Å². The molecule has 1 fully saturated rings. The van der Waals surface area contributed by atoms with Gasteiger partial charge in [-0.2, -0.15) is 4.98 Å². The van der Waals surface area contributed by atoms with Crippen LogP contribution in [0.2, 0.25) is 25.7 Å². The molecule has 3 aromatic heterocycles. The lowest BCUT2D eigenvalue weighted by Gasteiger charge is -2.37. The van der Waals surface area contributed by atoms with Crippen LogP contribution >= 0.6 is 0 Å². The van der Waals surface area contributed by atoms with E-state index >= 15 is 0 Å². The van der Waals surface area contributed by atoms with Gasteiger partial charge in [0.2, 0.25) is 11.9 Å². The Morgan fingerprint density at radius 1 is 1.08 bits per heavy atom. The average Bonchev–Trinajstić information content (AvgIpc) is 3.66. The molecule has 0 bridgehead atoms. The summed E-state index contributed by atoms with van der Waals surface area (Å²) in [6, 6.07) is 15.9. The topological polar surface area (TPSA) is 102 Å². The maximum atomic E-state index is 12.7. The third kappa shape index (κ3) is 7.57. The number of rotatable bonds is 13. The number of carbonyl (C=O) groups excluding carboxylic acids is 1. The molecule has 2 aromatic carbocycles. The SMILES string of the molecule is C=CC(=O)Nc1cc(Nc2nc(-c3cn(C)c4ccccc34)c3ccn(COCC[Si](C)(C)C)c3n2)c(OC)cc1N1CCC(N(C)C)CC1. The van der Waals surface area contributed by atoms with Crippen LogP contribution in [-0.2, 0) is 23.3 Å². The van der Waals surface area contributed by atoms with Crippen molar-refractivity contribution in [1.29, 1.82) is 0 Å². The highest BCUT2D eigenvalue weighted by Crippen LogP contribution is 2.40. The Morgan fingerprint density at radius 3 is 2.54 bits per heavy atom. The Balaban J connectivity index is 1.42. The van der Waals surface area contributed by atoms with E-state index in [1.54, 1.807) is 7.11 Å². The van der Waals surface area contributed by atoms with Crippen molar-refractivity contribution < 1.29 is 14.3 Å². The first kappa shape index (κ1) is 35.2. The minimum atomic E-state index is -1.23. The Bertz CT molecular complexity index is 2000. The number of anilines is 4. The molecule has 1 aliphatic rings. The van der Waals surface area contributed by atoms with Crippen molar-refractivity contribution in [3.8, 4) is 17.0 Å². The summed E-state index contributed by atoms with van der Waals surface area (Å²) >= 11 is 0. The van der Waals surface area contributed by atoms with Crippen LogP contribution in [0.1, 0.15) is 12.8 Å². The van der Waals surface area contributed by atoms with Crippen LogP contribution in [0.15, 0.2) is 67.5 Å². The van der Waals surface area contributed by atoms with Crippen LogP contribution < -0.4 is 20.3 Å². The van der Waals surface area contributed by atoms with Crippen LogP contribution in [0, 0.1) is 0 Å². The van der Waals surface area contributed by atoms with Gasteiger partial charge in [0.25, 0.3) is 0 Å². The fourth-order valence-corrected chi connectivity index (χ4v) is 7.38. The van der Waals surface area contributed by atoms with Crippen LogP contribution in [0.3, 0.4) is 0 Å². The highest BCUT2D eigenvalue weighted by atomic mass is 28.3. The Labute approximate surface area is 295 Å². The summed E-state index contributed by atoms with van der Waals surface area (Å²) in [7, 11) is 6.73. The van der Waals surface area contributed by atoms with Gasteiger partial charge in [0.15, 0.2) is 0 Å². The van der Waals surface area contributed by atoms with Gasteiger partial charge in [0.1, 0.15) is 18.1 Å². The highest BCUT2D eigenvalue weighted by Gasteiger charge is 2.25. The third-order valence-electron chi connectivity index (χ3n) is 9.54. The van der Waals surface area contributed by atoms with Gasteiger partial charge in [0.05, 0.1) is 29.9 Å². The first-order valence-corrected chi connectivity index (χ1v) is 21.0. The normalized spacial score (nSPS) is 14.1. The van der Waals surface area contributed by atoms with Crippen molar-refractivity contribution in [2.45, 2.75) is 51.3 Å². The number of ether oxygens (including phenoxy) is 2. The third-order valence-corrected chi connectivity index (χ3v) is 11.2. The predicted molar refractivity (Wildman–Crippen MR) is 208 cm³/mol. The van der Waals surface area contributed by atoms with Crippen LogP contribution in [0.4, 0.5) is 23.0 Å². The summed E-state index contributed by atoms with van der Waals surface area (Å²) < 4.78 is 16.3. The highest BCUT2D eigenvalue weighted by molar-refractivity contribution is 6.76. The molecule has 0 aliphatic carbocycles. The molecule has 4 heterocycles. The van der Waals surface area contributed by atoms with Crippen molar-refractivity contribution in [2.75, 3.05) is 56.4 Å². The fourth-order valence-electron chi connectivity index (χ4n) is 6.63. The standard InChI is InChI=1S/C38H50N8O3Si/c1-9-35(47)39-30-22-31(34(48-5)23-33(30)45-17-14-26(15-18-45)43(2)3)40-38-41-36(29-24-44(4)32-13-11-10-12-27(29)32)28-16-19-46(37(28)42-38)25-49-20-21-50(6,7)8/h9-13,16,19,22-24,26H,1,14-15,17-18,20-21,25H2,2-8H3,(H,39,47)(H,40,41,42). The number of nitrogens with zero attached hydrogens (tertiary/aromatic N) is 6. The Kier molecular flexibility index (Phi) is 10.3. The van der Waals surface area contributed by atoms with Gasteiger partial charge >= 0.3 is 0 Å². The number of para-hydroxylation sites is 1. The number of carbonyl (C=O) groups is 1. The number of hydrogen-bond acceptors (Lipinski definition) is 8. The van der Waals surface area contributed by atoms with Gasteiger partial charge in [0, 0.05) is 81.2 Å². The molecule has 1 aliphatic heterocycles. The van der Waals surface area contributed by atoms with E-state index < -0.39 is 8.07 Å².